The average Bonchev–Trinajstić information content (AvgIpc) is 3.18. The van der Waals surface area contributed by atoms with Crippen LogP contribution in [0.4, 0.5) is 0 Å². The first-order valence-electron chi connectivity index (χ1n) is 10.8. The highest BCUT2D eigenvalue weighted by Crippen LogP contribution is 2.21. The third-order valence-corrected chi connectivity index (χ3v) is 5.62. The minimum atomic E-state index is -0.122. The fraction of sp³-hybridized carbons (Fsp3) is 0.609. The Hall–Kier alpha value is -2.21. The van der Waals surface area contributed by atoms with Crippen molar-refractivity contribution >= 4 is 5.91 Å². The van der Waals surface area contributed by atoms with E-state index in [1.807, 2.05) is 0 Å². The molecule has 1 aliphatic heterocycles. The van der Waals surface area contributed by atoms with E-state index in [0.29, 0.717) is 43.6 Å². The summed E-state index contributed by atoms with van der Waals surface area (Å²) < 4.78 is 5.30. The summed E-state index contributed by atoms with van der Waals surface area (Å²) in [5.41, 5.74) is 2.75. The van der Waals surface area contributed by atoms with Gasteiger partial charge in [0.1, 0.15) is 0 Å². The molecule has 1 atom stereocenters. The van der Waals surface area contributed by atoms with Gasteiger partial charge in [0.15, 0.2) is 5.82 Å². The van der Waals surface area contributed by atoms with Gasteiger partial charge in [-0.3, -0.25) is 9.69 Å². The highest BCUT2D eigenvalue weighted by atomic mass is 16.5. The highest BCUT2D eigenvalue weighted by Gasteiger charge is 2.23. The van der Waals surface area contributed by atoms with Crippen molar-refractivity contribution in [2.75, 3.05) is 13.1 Å². The Labute approximate surface area is 174 Å². The molecular formula is C23H34N4O2. The van der Waals surface area contributed by atoms with Crippen LogP contribution >= 0.6 is 0 Å². The maximum Gasteiger partial charge on any atom is 0.226 e. The minimum absolute atomic E-state index is 0.0939. The Morgan fingerprint density at radius 3 is 2.72 bits per heavy atom. The molecule has 6 heteroatoms. The zero-order valence-corrected chi connectivity index (χ0v) is 18.2. The number of amides is 1. The van der Waals surface area contributed by atoms with E-state index in [-0.39, 0.29) is 11.3 Å². The molecule has 2 heterocycles. The average molecular weight is 399 g/mol. The molecule has 0 saturated heterocycles. The molecule has 0 bridgehead atoms. The lowest BCUT2D eigenvalue weighted by Crippen LogP contribution is -2.45. The van der Waals surface area contributed by atoms with Crippen molar-refractivity contribution in [1.82, 2.24) is 20.4 Å². The van der Waals surface area contributed by atoms with Crippen molar-refractivity contribution in [1.29, 1.82) is 0 Å². The first kappa shape index (κ1) is 21.5. The molecular weight excluding hydrogens is 364 g/mol. The topological polar surface area (TPSA) is 71.3 Å². The first-order chi connectivity index (χ1) is 13.9. The second kappa shape index (κ2) is 9.53. The quantitative estimate of drug-likeness (QED) is 0.735. The summed E-state index contributed by atoms with van der Waals surface area (Å²) in [4.78, 5) is 19.2. The van der Waals surface area contributed by atoms with Gasteiger partial charge in [-0.2, -0.15) is 4.98 Å². The van der Waals surface area contributed by atoms with Gasteiger partial charge in [-0.1, -0.05) is 57.1 Å². The molecule has 1 N–H and O–H groups in total. The number of nitrogens with zero attached hydrogens (tertiary/aromatic N) is 3. The summed E-state index contributed by atoms with van der Waals surface area (Å²) in [7, 11) is 0. The largest absolute Gasteiger partial charge is 0.355 e. The maximum absolute atomic E-state index is 12.3. The molecule has 1 aromatic carbocycles. The van der Waals surface area contributed by atoms with E-state index in [1.165, 1.54) is 11.1 Å². The molecule has 0 radical (unpaired) electrons. The maximum atomic E-state index is 12.3. The lowest BCUT2D eigenvalue weighted by molar-refractivity contribution is -0.121. The summed E-state index contributed by atoms with van der Waals surface area (Å²) in [5, 5.41) is 7.15. The highest BCUT2D eigenvalue weighted by molar-refractivity contribution is 5.75. The van der Waals surface area contributed by atoms with Crippen molar-refractivity contribution in [3.8, 4) is 0 Å². The minimum Gasteiger partial charge on any atom is -0.355 e. The Morgan fingerprint density at radius 2 is 2.03 bits per heavy atom. The Balaban J connectivity index is 1.41. The van der Waals surface area contributed by atoms with Crippen LogP contribution in [-0.2, 0) is 29.6 Å². The zero-order valence-electron chi connectivity index (χ0n) is 18.2. The Kier molecular flexibility index (Phi) is 7.06. The van der Waals surface area contributed by atoms with E-state index >= 15 is 0 Å². The summed E-state index contributed by atoms with van der Waals surface area (Å²) in [6.45, 7) is 11.1. The van der Waals surface area contributed by atoms with Crippen LogP contribution in [0.25, 0.3) is 0 Å². The van der Waals surface area contributed by atoms with Crippen LogP contribution in [0.3, 0.4) is 0 Å². The zero-order chi connectivity index (χ0) is 20.9. The van der Waals surface area contributed by atoms with Gasteiger partial charge in [-0.15, -0.1) is 0 Å². The van der Waals surface area contributed by atoms with Crippen LogP contribution in [0.5, 0.6) is 0 Å². The Morgan fingerprint density at radius 1 is 1.28 bits per heavy atom. The van der Waals surface area contributed by atoms with Gasteiger partial charge in [0, 0.05) is 43.9 Å². The lowest BCUT2D eigenvalue weighted by atomic mass is 9.96. The van der Waals surface area contributed by atoms with Crippen molar-refractivity contribution in [2.45, 2.75) is 77.8 Å². The smallest absolute Gasteiger partial charge is 0.226 e. The third kappa shape index (κ3) is 5.89. The summed E-state index contributed by atoms with van der Waals surface area (Å²) in [6.07, 6.45) is 3.94. The van der Waals surface area contributed by atoms with Gasteiger partial charge in [0.2, 0.25) is 11.8 Å². The molecule has 0 spiro atoms. The normalized spacial score (nSPS) is 15.7. The molecule has 158 valence electrons. The van der Waals surface area contributed by atoms with Crippen molar-refractivity contribution in [2.24, 2.45) is 0 Å². The van der Waals surface area contributed by atoms with E-state index in [1.54, 1.807) is 0 Å². The second-order valence-corrected chi connectivity index (χ2v) is 8.97. The molecule has 6 nitrogen and oxygen atoms in total. The molecule has 1 unspecified atom stereocenters. The van der Waals surface area contributed by atoms with Crippen LogP contribution < -0.4 is 5.32 Å². The van der Waals surface area contributed by atoms with Gasteiger partial charge >= 0.3 is 0 Å². The molecule has 0 aliphatic carbocycles. The van der Waals surface area contributed by atoms with E-state index in [4.69, 9.17) is 4.52 Å². The number of aromatic nitrogens is 2. The number of aryl methyl sites for hydroxylation is 1. The SMILES string of the molecule is CCC(CNC(=O)CCCc1nc(C(C)(C)C)no1)N1CCc2ccccc2C1. The molecule has 1 amide bonds. The summed E-state index contributed by atoms with van der Waals surface area (Å²) in [6, 6.07) is 9.04. The first-order valence-corrected chi connectivity index (χ1v) is 10.8. The number of carbonyl (C=O) groups excluding carboxylic acids is 1. The van der Waals surface area contributed by atoms with E-state index in [2.05, 4.69) is 72.3 Å². The predicted molar refractivity (Wildman–Crippen MR) is 114 cm³/mol. The van der Waals surface area contributed by atoms with Crippen molar-refractivity contribution < 1.29 is 9.32 Å². The number of rotatable bonds is 8. The van der Waals surface area contributed by atoms with Gasteiger partial charge < -0.3 is 9.84 Å². The van der Waals surface area contributed by atoms with E-state index in [9.17, 15) is 4.79 Å². The molecule has 2 aromatic rings. The fourth-order valence-corrected chi connectivity index (χ4v) is 3.74. The van der Waals surface area contributed by atoms with Gasteiger partial charge in [0.05, 0.1) is 0 Å². The van der Waals surface area contributed by atoms with Crippen molar-refractivity contribution in [3.05, 3.63) is 47.1 Å². The molecule has 0 saturated carbocycles. The number of hydrogen-bond donors (Lipinski definition) is 1. The van der Waals surface area contributed by atoms with Crippen molar-refractivity contribution in [3.63, 3.8) is 0 Å². The number of carbonyl (C=O) groups is 1. The second-order valence-electron chi connectivity index (χ2n) is 8.97. The number of benzene rings is 1. The van der Waals surface area contributed by atoms with Crippen LogP contribution in [0.1, 0.15) is 69.8 Å². The number of nitrogens with one attached hydrogen (secondary N) is 1. The standard InChI is InChI=1S/C23H34N4O2/c1-5-19(27-14-13-17-9-6-7-10-18(17)16-27)15-24-20(28)11-8-12-21-25-22(26-29-21)23(2,3)4/h6-7,9-10,19H,5,8,11-16H2,1-4H3,(H,24,28). The summed E-state index contributed by atoms with van der Waals surface area (Å²) in [5.74, 6) is 1.42. The summed E-state index contributed by atoms with van der Waals surface area (Å²) >= 11 is 0. The third-order valence-electron chi connectivity index (χ3n) is 5.62. The van der Waals surface area contributed by atoms with E-state index in [0.717, 1.165) is 25.9 Å². The van der Waals surface area contributed by atoms with Crippen LogP contribution in [-0.4, -0.2) is 40.1 Å². The van der Waals surface area contributed by atoms with Gasteiger partial charge in [-0.25, -0.2) is 0 Å². The van der Waals surface area contributed by atoms with E-state index < -0.39 is 0 Å². The number of hydrogen-bond acceptors (Lipinski definition) is 5. The van der Waals surface area contributed by atoms with Crippen LogP contribution in [0, 0.1) is 0 Å². The molecule has 29 heavy (non-hydrogen) atoms. The lowest BCUT2D eigenvalue weighted by Gasteiger charge is -2.35. The monoisotopic (exact) mass is 398 g/mol. The molecule has 1 aromatic heterocycles. The van der Waals surface area contributed by atoms with Crippen LogP contribution in [0.15, 0.2) is 28.8 Å². The van der Waals surface area contributed by atoms with Gasteiger partial charge in [-0.05, 0) is 30.4 Å². The molecule has 3 rings (SSSR count). The van der Waals surface area contributed by atoms with Gasteiger partial charge in [0.25, 0.3) is 0 Å². The molecule has 0 fully saturated rings. The fourth-order valence-electron chi connectivity index (χ4n) is 3.74. The Bertz CT molecular complexity index is 809. The van der Waals surface area contributed by atoms with Crippen LogP contribution in [0.2, 0.25) is 0 Å². The predicted octanol–water partition coefficient (Wildman–Crippen LogP) is 3.64. The molecule has 1 aliphatic rings. The number of fused-ring (bicyclic) bond motifs is 1.